The Morgan fingerprint density at radius 2 is 0.506 bits per heavy atom. The number of esters is 3. The zero-order valence-electron chi connectivity index (χ0n) is 50.7. The minimum atomic E-state index is -0.795. The van der Waals surface area contributed by atoms with Gasteiger partial charge in [0, 0.05) is 19.3 Å². The van der Waals surface area contributed by atoms with Gasteiger partial charge in [0.05, 0.1) is 0 Å². The molecule has 0 N–H and O–H groups in total. The molecule has 0 amide bonds. The van der Waals surface area contributed by atoms with Crippen molar-refractivity contribution in [1.82, 2.24) is 0 Å². The summed E-state index contributed by atoms with van der Waals surface area (Å²) in [5.74, 6) is -0.918. The molecule has 6 nitrogen and oxygen atoms in total. The molecule has 0 heterocycles. The molecule has 0 aromatic heterocycles. The fraction of sp³-hybridized carbons (Fsp3) is 0.732. The van der Waals surface area contributed by atoms with Crippen molar-refractivity contribution in [3.8, 4) is 0 Å². The lowest BCUT2D eigenvalue weighted by Gasteiger charge is -2.18. The Morgan fingerprint density at radius 3 is 0.818 bits per heavy atom. The fourth-order valence-corrected chi connectivity index (χ4v) is 9.18. The number of ether oxygens (including phenoxy) is 3. The number of hydrogen-bond donors (Lipinski definition) is 0. The quantitative estimate of drug-likeness (QED) is 0.0261. The van der Waals surface area contributed by atoms with Gasteiger partial charge in [0.2, 0.25) is 0 Å². The normalized spacial score (nSPS) is 12.7. The lowest BCUT2D eigenvalue weighted by molar-refractivity contribution is -0.167. The van der Waals surface area contributed by atoms with Gasteiger partial charge in [-0.2, -0.15) is 0 Å². The van der Waals surface area contributed by atoms with Gasteiger partial charge < -0.3 is 14.2 Å². The van der Waals surface area contributed by atoms with Crippen molar-refractivity contribution in [2.24, 2.45) is 0 Å². The second-order valence-electron chi connectivity index (χ2n) is 21.6. The third-order valence-electron chi connectivity index (χ3n) is 14.1. The third-order valence-corrected chi connectivity index (χ3v) is 14.1. The molecule has 0 saturated carbocycles. The number of carbonyl (C=O) groups is 3. The number of carbonyl (C=O) groups excluding carboxylic acids is 3. The van der Waals surface area contributed by atoms with Crippen molar-refractivity contribution < 1.29 is 28.6 Å². The van der Waals surface area contributed by atoms with Gasteiger partial charge in [0.1, 0.15) is 13.2 Å². The van der Waals surface area contributed by atoms with Crippen molar-refractivity contribution >= 4 is 17.9 Å². The third kappa shape index (κ3) is 63.0. The van der Waals surface area contributed by atoms with Crippen LogP contribution in [0.3, 0.4) is 0 Å². The summed E-state index contributed by atoms with van der Waals surface area (Å²) >= 11 is 0. The Kier molecular flexibility index (Phi) is 61.8. The molecule has 6 heteroatoms. The summed E-state index contributed by atoms with van der Waals surface area (Å²) in [5, 5.41) is 0. The van der Waals surface area contributed by atoms with E-state index >= 15 is 0 Å². The SMILES string of the molecule is CC/C=C\C/C=C\C/C=C\C/C=C\C/C=C\C/C=C\C/C=C\CCCCCC(=O)OCC(COC(=O)CCCCCCC/C=C\CCCCCCCC)OC(=O)CCCCCCCCCCCCCCCCCCCCC. The maximum atomic E-state index is 12.9. The number of rotatable bonds is 59. The van der Waals surface area contributed by atoms with Crippen LogP contribution in [0, 0.1) is 0 Å². The zero-order valence-corrected chi connectivity index (χ0v) is 50.7. The Bertz CT molecular complexity index is 1510. The minimum absolute atomic E-state index is 0.0903. The molecular formula is C71H122O6. The maximum absolute atomic E-state index is 12.9. The van der Waals surface area contributed by atoms with Crippen molar-refractivity contribution in [3.63, 3.8) is 0 Å². The van der Waals surface area contributed by atoms with E-state index in [1.54, 1.807) is 0 Å². The number of allylic oxidation sites excluding steroid dienone is 16. The summed E-state index contributed by atoms with van der Waals surface area (Å²) in [4.78, 5) is 38.3. The van der Waals surface area contributed by atoms with E-state index in [4.69, 9.17) is 14.2 Å². The molecular weight excluding hydrogens is 949 g/mol. The van der Waals surface area contributed by atoms with E-state index in [0.29, 0.717) is 19.3 Å². The van der Waals surface area contributed by atoms with E-state index in [-0.39, 0.29) is 31.1 Å². The van der Waals surface area contributed by atoms with E-state index in [0.717, 1.165) is 116 Å². The summed E-state index contributed by atoms with van der Waals surface area (Å²) in [5.41, 5.74) is 0. The monoisotopic (exact) mass is 1070 g/mol. The smallest absolute Gasteiger partial charge is 0.306 e. The van der Waals surface area contributed by atoms with Crippen LogP contribution in [-0.2, 0) is 28.6 Å². The van der Waals surface area contributed by atoms with Crippen molar-refractivity contribution in [1.29, 1.82) is 0 Å². The molecule has 0 fully saturated rings. The van der Waals surface area contributed by atoms with Gasteiger partial charge in [-0.1, -0.05) is 291 Å². The first-order valence-corrected chi connectivity index (χ1v) is 32.7. The van der Waals surface area contributed by atoms with Gasteiger partial charge in [-0.25, -0.2) is 0 Å². The van der Waals surface area contributed by atoms with Crippen LogP contribution in [0.5, 0.6) is 0 Å². The first-order valence-electron chi connectivity index (χ1n) is 32.7. The Hall–Kier alpha value is -3.67. The van der Waals surface area contributed by atoms with E-state index in [2.05, 4.69) is 118 Å². The molecule has 0 aromatic carbocycles. The second-order valence-corrected chi connectivity index (χ2v) is 21.6. The van der Waals surface area contributed by atoms with Crippen LogP contribution in [0.25, 0.3) is 0 Å². The lowest BCUT2D eigenvalue weighted by Crippen LogP contribution is -2.30. The van der Waals surface area contributed by atoms with Gasteiger partial charge in [0.25, 0.3) is 0 Å². The van der Waals surface area contributed by atoms with Crippen molar-refractivity contribution in [2.45, 2.75) is 322 Å². The molecule has 0 aliphatic rings. The van der Waals surface area contributed by atoms with Crippen molar-refractivity contribution in [2.75, 3.05) is 13.2 Å². The van der Waals surface area contributed by atoms with E-state index in [9.17, 15) is 14.4 Å². The van der Waals surface area contributed by atoms with E-state index in [1.807, 2.05) is 0 Å². The van der Waals surface area contributed by atoms with Crippen LogP contribution in [0.15, 0.2) is 97.2 Å². The van der Waals surface area contributed by atoms with Crippen molar-refractivity contribution in [3.05, 3.63) is 97.2 Å². The Morgan fingerprint density at radius 1 is 0.273 bits per heavy atom. The summed E-state index contributed by atoms with van der Waals surface area (Å²) < 4.78 is 16.9. The molecule has 1 unspecified atom stereocenters. The molecule has 0 aromatic rings. The van der Waals surface area contributed by atoms with Gasteiger partial charge in [-0.05, 0) is 103 Å². The predicted octanol–water partition coefficient (Wildman–Crippen LogP) is 22.4. The highest BCUT2D eigenvalue weighted by Gasteiger charge is 2.19. The van der Waals surface area contributed by atoms with Crippen LogP contribution < -0.4 is 0 Å². The predicted molar refractivity (Wildman–Crippen MR) is 334 cm³/mol. The zero-order chi connectivity index (χ0) is 55.7. The second kappa shape index (κ2) is 64.9. The molecule has 0 rings (SSSR count). The van der Waals surface area contributed by atoms with Gasteiger partial charge >= 0.3 is 17.9 Å². The molecule has 77 heavy (non-hydrogen) atoms. The van der Waals surface area contributed by atoms with E-state index < -0.39 is 6.10 Å². The lowest BCUT2D eigenvalue weighted by atomic mass is 10.0. The average Bonchev–Trinajstić information content (AvgIpc) is 3.43. The highest BCUT2D eigenvalue weighted by Crippen LogP contribution is 2.17. The van der Waals surface area contributed by atoms with Crippen LogP contribution in [0.1, 0.15) is 316 Å². The average molecular weight is 1070 g/mol. The Labute approximate surface area is 477 Å². The van der Waals surface area contributed by atoms with Gasteiger partial charge in [0.15, 0.2) is 6.10 Å². The Balaban J connectivity index is 4.42. The molecule has 0 spiro atoms. The standard InChI is InChI=1S/C71H122O6/c1-4-7-10-13-16-19-22-25-28-30-32-33-34-35-36-37-39-40-43-46-49-52-55-58-61-64-70(73)76-67-68(66-75-69(72)63-60-57-54-51-48-45-42-27-24-21-18-15-12-9-6-3)77-71(74)65-62-59-56-53-50-47-44-41-38-31-29-26-23-20-17-14-11-8-5-2/h7,10,16,19,25,27-28,32-33,35-36,39-40,42,46,49,68H,4-6,8-9,11-15,17-18,20-24,26,29-31,34,37-38,41,43-45,47-48,50-67H2,1-3H3/b10-7-,19-16-,28-25-,33-32-,36-35-,40-39-,42-27-,49-46-. The molecule has 0 radical (unpaired) electrons. The minimum Gasteiger partial charge on any atom is -0.462 e. The first-order chi connectivity index (χ1) is 38.0. The highest BCUT2D eigenvalue weighted by molar-refractivity contribution is 5.71. The molecule has 442 valence electrons. The van der Waals surface area contributed by atoms with Gasteiger partial charge in [-0.3, -0.25) is 14.4 Å². The van der Waals surface area contributed by atoms with Gasteiger partial charge in [-0.15, -0.1) is 0 Å². The summed E-state index contributed by atoms with van der Waals surface area (Å²) in [7, 11) is 0. The summed E-state index contributed by atoms with van der Waals surface area (Å²) in [6.07, 6.45) is 87.0. The fourth-order valence-electron chi connectivity index (χ4n) is 9.18. The summed E-state index contributed by atoms with van der Waals surface area (Å²) in [6.45, 7) is 6.52. The van der Waals surface area contributed by atoms with Crippen LogP contribution in [-0.4, -0.2) is 37.2 Å². The molecule has 1 atom stereocenters. The molecule has 0 bridgehead atoms. The maximum Gasteiger partial charge on any atom is 0.306 e. The highest BCUT2D eigenvalue weighted by atomic mass is 16.6. The van der Waals surface area contributed by atoms with Crippen LogP contribution in [0.2, 0.25) is 0 Å². The largest absolute Gasteiger partial charge is 0.462 e. The molecule has 0 aliphatic carbocycles. The topological polar surface area (TPSA) is 78.9 Å². The van der Waals surface area contributed by atoms with E-state index in [1.165, 1.54) is 161 Å². The summed E-state index contributed by atoms with van der Waals surface area (Å²) in [6, 6.07) is 0. The number of hydrogen-bond acceptors (Lipinski definition) is 6. The van der Waals surface area contributed by atoms with Crippen LogP contribution >= 0.6 is 0 Å². The van der Waals surface area contributed by atoms with Crippen LogP contribution in [0.4, 0.5) is 0 Å². The molecule has 0 aliphatic heterocycles. The molecule has 0 saturated heterocycles. The number of unbranched alkanes of at least 4 members (excludes halogenated alkanes) is 32. The first kappa shape index (κ1) is 73.3.